The Labute approximate surface area is 168 Å². The fourth-order valence-corrected chi connectivity index (χ4v) is 3.35. The predicted octanol–water partition coefficient (Wildman–Crippen LogP) is 3.29. The highest BCUT2D eigenvalue weighted by Gasteiger charge is 2.19. The zero-order valence-corrected chi connectivity index (χ0v) is 16.6. The zero-order chi connectivity index (χ0) is 19.8. The minimum Gasteiger partial charge on any atom is -0.354 e. The fourth-order valence-electron chi connectivity index (χ4n) is 2.60. The van der Waals surface area contributed by atoms with Gasteiger partial charge in [0.15, 0.2) is 17.3 Å². The molecule has 2 aromatic carbocycles. The first kappa shape index (κ1) is 20.1. The molecule has 1 amide bonds. The molecule has 0 spiro atoms. The number of hydrogen-bond acceptors (Lipinski definition) is 6. The summed E-state index contributed by atoms with van der Waals surface area (Å²) in [5, 5.41) is 12.1. The third-order valence-corrected chi connectivity index (χ3v) is 4.96. The Morgan fingerprint density at radius 1 is 1.04 bits per heavy atom. The SMILES string of the molecule is COC(Cn1c(SCC(=O)Nc2ccccc2)nnc1-c1ccccc1)OC. The Morgan fingerprint density at radius 3 is 2.32 bits per heavy atom. The molecule has 0 fully saturated rings. The van der Waals surface area contributed by atoms with E-state index in [4.69, 9.17) is 9.47 Å². The van der Waals surface area contributed by atoms with Crippen molar-refractivity contribution in [2.24, 2.45) is 0 Å². The van der Waals surface area contributed by atoms with E-state index in [1.807, 2.05) is 65.2 Å². The summed E-state index contributed by atoms with van der Waals surface area (Å²) in [6.07, 6.45) is -0.448. The zero-order valence-electron chi connectivity index (χ0n) is 15.7. The van der Waals surface area contributed by atoms with Gasteiger partial charge in [0.2, 0.25) is 5.91 Å². The molecule has 1 heterocycles. The maximum Gasteiger partial charge on any atom is 0.234 e. The van der Waals surface area contributed by atoms with E-state index < -0.39 is 6.29 Å². The number of ether oxygens (including phenoxy) is 2. The number of thioether (sulfide) groups is 1. The highest BCUT2D eigenvalue weighted by atomic mass is 32.2. The molecule has 3 aromatic rings. The summed E-state index contributed by atoms with van der Waals surface area (Å²) in [6, 6.07) is 19.1. The quantitative estimate of drug-likeness (QED) is 0.440. The molecule has 0 aliphatic rings. The predicted molar refractivity (Wildman–Crippen MR) is 109 cm³/mol. The Bertz CT molecular complexity index is 883. The number of benzene rings is 2. The van der Waals surface area contributed by atoms with Gasteiger partial charge in [0.25, 0.3) is 0 Å². The second kappa shape index (κ2) is 10.0. The third kappa shape index (κ3) is 5.19. The monoisotopic (exact) mass is 398 g/mol. The van der Waals surface area contributed by atoms with Crippen molar-refractivity contribution < 1.29 is 14.3 Å². The Kier molecular flexibility index (Phi) is 7.18. The number of hydrogen-bond donors (Lipinski definition) is 1. The molecule has 0 aliphatic heterocycles. The van der Waals surface area contributed by atoms with Crippen molar-refractivity contribution in [3.05, 3.63) is 60.7 Å². The van der Waals surface area contributed by atoms with Gasteiger partial charge in [-0.2, -0.15) is 0 Å². The molecule has 1 aromatic heterocycles. The van der Waals surface area contributed by atoms with Crippen LogP contribution in [0.25, 0.3) is 11.4 Å². The lowest BCUT2D eigenvalue weighted by atomic mass is 10.2. The van der Waals surface area contributed by atoms with Gasteiger partial charge >= 0.3 is 0 Å². The summed E-state index contributed by atoms with van der Waals surface area (Å²) < 4.78 is 12.6. The normalized spacial score (nSPS) is 11.0. The van der Waals surface area contributed by atoms with Crippen molar-refractivity contribution in [2.45, 2.75) is 18.0 Å². The molecule has 0 saturated heterocycles. The molecule has 0 radical (unpaired) electrons. The van der Waals surface area contributed by atoms with E-state index in [0.717, 1.165) is 11.3 Å². The number of rotatable bonds is 9. The van der Waals surface area contributed by atoms with Crippen molar-refractivity contribution in [3.63, 3.8) is 0 Å². The van der Waals surface area contributed by atoms with Gasteiger partial charge in [-0.15, -0.1) is 10.2 Å². The minimum absolute atomic E-state index is 0.109. The number of carbonyl (C=O) groups excluding carboxylic acids is 1. The summed E-state index contributed by atoms with van der Waals surface area (Å²) in [7, 11) is 3.17. The Morgan fingerprint density at radius 2 is 1.68 bits per heavy atom. The van der Waals surface area contributed by atoms with Crippen molar-refractivity contribution >= 4 is 23.4 Å². The minimum atomic E-state index is -0.448. The summed E-state index contributed by atoms with van der Waals surface area (Å²) in [4.78, 5) is 12.3. The number of anilines is 1. The van der Waals surface area contributed by atoms with Crippen LogP contribution in [0, 0.1) is 0 Å². The molecule has 0 saturated carbocycles. The average Bonchev–Trinajstić information content (AvgIpc) is 3.14. The van der Waals surface area contributed by atoms with Crippen LogP contribution >= 0.6 is 11.8 Å². The van der Waals surface area contributed by atoms with Crippen molar-refractivity contribution in [1.29, 1.82) is 0 Å². The van der Waals surface area contributed by atoms with E-state index in [2.05, 4.69) is 15.5 Å². The Balaban J connectivity index is 1.76. The van der Waals surface area contributed by atoms with E-state index in [1.54, 1.807) is 14.2 Å². The van der Waals surface area contributed by atoms with Crippen molar-refractivity contribution in [1.82, 2.24) is 14.8 Å². The number of aromatic nitrogens is 3. The lowest BCUT2D eigenvalue weighted by Crippen LogP contribution is -2.22. The molecule has 0 atom stereocenters. The highest BCUT2D eigenvalue weighted by Crippen LogP contribution is 2.25. The molecule has 1 N–H and O–H groups in total. The second-order valence-corrected chi connectivity index (χ2v) is 6.83. The van der Waals surface area contributed by atoms with E-state index in [1.165, 1.54) is 11.8 Å². The first-order chi connectivity index (χ1) is 13.7. The molecule has 7 nitrogen and oxygen atoms in total. The van der Waals surface area contributed by atoms with E-state index in [9.17, 15) is 4.79 Å². The van der Waals surface area contributed by atoms with Gasteiger partial charge < -0.3 is 14.8 Å². The number of nitrogens with one attached hydrogen (secondary N) is 1. The third-order valence-electron chi connectivity index (χ3n) is 4.00. The van der Waals surface area contributed by atoms with Crippen LogP contribution in [0.5, 0.6) is 0 Å². The van der Waals surface area contributed by atoms with Crippen LogP contribution in [0.3, 0.4) is 0 Å². The van der Waals surface area contributed by atoms with Gasteiger partial charge in [-0.1, -0.05) is 60.3 Å². The molecule has 0 aliphatic carbocycles. The molecular weight excluding hydrogens is 376 g/mol. The van der Waals surface area contributed by atoms with Crippen LogP contribution in [-0.4, -0.2) is 46.9 Å². The molecule has 0 unspecified atom stereocenters. The number of carbonyl (C=O) groups is 1. The number of methoxy groups -OCH3 is 2. The van der Waals surface area contributed by atoms with Crippen LogP contribution < -0.4 is 5.32 Å². The molecule has 8 heteroatoms. The van der Waals surface area contributed by atoms with E-state index in [0.29, 0.717) is 17.5 Å². The molecular formula is C20H22N4O3S. The fraction of sp³-hybridized carbons (Fsp3) is 0.250. The van der Waals surface area contributed by atoms with Crippen LogP contribution in [0.2, 0.25) is 0 Å². The summed E-state index contributed by atoms with van der Waals surface area (Å²) in [6.45, 7) is 0.410. The Hall–Kier alpha value is -2.68. The summed E-state index contributed by atoms with van der Waals surface area (Å²) >= 11 is 1.32. The first-order valence-electron chi connectivity index (χ1n) is 8.73. The van der Waals surface area contributed by atoms with Gasteiger partial charge in [0.05, 0.1) is 12.3 Å². The molecule has 0 bridgehead atoms. The van der Waals surface area contributed by atoms with Crippen LogP contribution in [0.15, 0.2) is 65.8 Å². The van der Waals surface area contributed by atoms with Gasteiger partial charge in [0, 0.05) is 25.5 Å². The summed E-state index contributed by atoms with van der Waals surface area (Å²) in [5.74, 6) is 0.805. The standard InChI is InChI=1S/C20H22N4O3S/c1-26-18(27-2)13-24-19(15-9-5-3-6-10-15)22-23-20(24)28-14-17(25)21-16-11-7-4-8-12-16/h3-12,18H,13-14H2,1-2H3,(H,21,25). The topological polar surface area (TPSA) is 78.3 Å². The van der Waals surface area contributed by atoms with Crippen molar-refractivity contribution in [2.75, 3.05) is 25.3 Å². The largest absolute Gasteiger partial charge is 0.354 e. The van der Waals surface area contributed by atoms with Gasteiger partial charge in [-0.25, -0.2) is 0 Å². The van der Waals surface area contributed by atoms with Gasteiger partial charge in [-0.05, 0) is 12.1 Å². The van der Waals surface area contributed by atoms with Gasteiger partial charge in [-0.3, -0.25) is 9.36 Å². The second-order valence-electron chi connectivity index (χ2n) is 5.89. The van der Waals surface area contributed by atoms with Crippen LogP contribution in [0.4, 0.5) is 5.69 Å². The number of amides is 1. The lowest BCUT2D eigenvalue weighted by Gasteiger charge is -2.17. The first-order valence-corrected chi connectivity index (χ1v) is 9.71. The highest BCUT2D eigenvalue weighted by molar-refractivity contribution is 7.99. The van der Waals surface area contributed by atoms with Gasteiger partial charge in [0.1, 0.15) is 0 Å². The van der Waals surface area contributed by atoms with Crippen molar-refractivity contribution in [3.8, 4) is 11.4 Å². The maximum atomic E-state index is 12.3. The van der Waals surface area contributed by atoms with Crippen LogP contribution in [-0.2, 0) is 20.8 Å². The van der Waals surface area contributed by atoms with E-state index in [-0.39, 0.29) is 11.7 Å². The van der Waals surface area contributed by atoms with Crippen LogP contribution in [0.1, 0.15) is 0 Å². The lowest BCUT2D eigenvalue weighted by molar-refractivity contribution is -0.113. The number of nitrogens with zero attached hydrogens (tertiary/aromatic N) is 3. The molecule has 3 rings (SSSR count). The molecule has 28 heavy (non-hydrogen) atoms. The summed E-state index contributed by atoms with van der Waals surface area (Å²) in [5.41, 5.74) is 1.69. The smallest absolute Gasteiger partial charge is 0.234 e. The average molecular weight is 398 g/mol. The van der Waals surface area contributed by atoms with E-state index >= 15 is 0 Å². The molecule has 146 valence electrons. The number of para-hydroxylation sites is 1. The maximum absolute atomic E-state index is 12.3.